The number of hydrogen-bond acceptors (Lipinski definition) is 3. The van der Waals surface area contributed by atoms with Crippen LogP contribution in [0.3, 0.4) is 0 Å². The Morgan fingerprint density at radius 3 is 2.69 bits per heavy atom. The van der Waals surface area contributed by atoms with Crippen LogP contribution in [0.25, 0.3) is 0 Å². The van der Waals surface area contributed by atoms with Gasteiger partial charge < -0.3 is 5.73 Å². The van der Waals surface area contributed by atoms with E-state index in [1.54, 1.807) is 0 Å². The van der Waals surface area contributed by atoms with Gasteiger partial charge >= 0.3 is 0 Å². The molecule has 0 saturated carbocycles. The Bertz CT molecular complexity index is 297. The van der Waals surface area contributed by atoms with Gasteiger partial charge in [0.1, 0.15) is 25.1 Å². The molecular formula is C6H8F2N4O. The van der Waals surface area contributed by atoms with Crippen molar-refractivity contribution in [2.45, 2.75) is 6.04 Å². The quantitative estimate of drug-likeness (QED) is 0.717. The highest BCUT2D eigenvalue weighted by molar-refractivity contribution is 5.90. The number of aromatic nitrogens is 3. The van der Waals surface area contributed by atoms with Crippen molar-refractivity contribution in [2.24, 2.45) is 5.73 Å². The normalized spacial score (nSPS) is 10.7. The Kier molecular flexibility index (Phi) is 2.88. The average Bonchev–Trinajstić information content (AvgIpc) is 2.55. The van der Waals surface area contributed by atoms with Gasteiger partial charge in [-0.05, 0) is 0 Å². The molecule has 0 unspecified atom stereocenters. The highest BCUT2D eigenvalue weighted by Gasteiger charge is 2.18. The molecule has 72 valence electrons. The van der Waals surface area contributed by atoms with Crippen LogP contribution < -0.4 is 5.73 Å². The van der Waals surface area contributed by atoms with Crippen molar-refractivity contribution in [3.8, 4) is 0 Å². The zero-order valence-corrected chi connectivity index (χ0v) is 6.65. The minimum Gasteiger partial charge on any atom is -0.364 e. The molecule has 1 rings (SSSR count). The predicted molar refractivity (Wildman–Crippen MR) is 39.5 cm³/mol. The summed E-state index contributed by atoms with van der Waals surface area (Å²) in [6, 6.07) is -1.12. The highest BCUT2D eigenvalue weighted by atomic mass is 19.1. The van der Waals surface area contributed by atoms with Crippen LogP contribution in [0.15, 0.2) is 6.20 Å². The van der Waals surface area contributed by atoms with Crippen molar-refractivity contribution in [3.63, 3.8) is 0 Å². The molecular weight excluding hydrogens is 182 g/mol. The Morgan fingerprint density at radius 2 is 2.23 bits per heavy atom. The van der Waals surface area contributed by atoms with Crippen LogP contribution in [0.2, 0.25) is 0 Å². The Labute approximate surface area is 72.5 Å². The maximum atomic E-state index is 12.2. The minimum atomic E-state index is -1.12. The van der Waals surface area contributed by atoms with Crippen molar-refractivity contribution in [1.82, 2.24) is 15.0 Å². The molecule has 1 heterocycles. The number of nitrogens with zero attached hydrogens (tertiary/aromatic N) is 3. The lowest BCUT2D eigenvalue weighted by molar-refractivity contribution is 0.0984. The molecule has 0 atom stereocenters. The minimum absolute atomic E-state index is 0.0969. The lowest BCUT2D eigenvalue weighted by atomic mass is 10.3. The first-order valence-electron chi connectivity index (χ1n) is 3.52. The van der Waals surface area contributed by atoms with Crippen LogP contribution >= 0.6 is 0 Å². The Balaban J connectivity index is 2.98. The smallest absolute Gasteiger partial charge is 0.268 e. The third-order valence-corrected chi connectivity index (χ3v) is 1.53. The van der Waals surface area contributed by atoms with Crippen molar-refractivity contribution in [2.75, 3.05) is 13.3 Å². The summed E-state index contributed by atoms with van der Waals surface area (Å²) in [4.78, 5) is 10.7. The predicted octanol–water partition coefficient (Wildman–Crippen LogP) is -0.143. The van der Waals surface area contributed by atoms with Crippen LogP contribution in [0, 0.1) is 0 Å². The third kappa shape index (κ3) is 1.79. The van der Waals surface area contributed by atoms with E-state index in [4.69, 9.17) is 5.73 Å². The van der Waals surface area contributed by atoms with Gasteiger partial charge in [0.25, 0.3) is 5.91 Å². The molecule has 0 aliphatic rings. The summed E-state index contributed by atoms with van der Waals surface area (Å²) in [6.45, 7) is -1.92. The number of hydrogen-bond donors (Lipinski definition) is 1. The number of primary amides is 1. The number of carbonyl (C=O) groups is 1. The van der Waals surface area contributed by atoms with E-state index in [1.807, 2.05) is 0 Å². The number of alkyl halides is 2. The highest BCUT2D eigenvalue weighted by Crippen LogP contribution is 2.09. The monoisotopic (exact) mass is 190 g/mol. The largest absolute Gasteiger partial charge is 0.364 e. The molecule has 0 spiro atoms. The number of nitrogens with two attached hydrogens (primary N) is 1. The molecule has 0 fully saturated rings. The fourth-order valence-electron chi connectivity index (χ4n) is 0.862. The molecule has 2 N–H and O–H groups in total. The summed E-state index contributed by atoms with van der Waals surface area (Å²) in [5, 5.41) is 6.70. The van der Waals surface area contributed by atoms with E-state index < -0.39 is 25.3 Å². The number of halogens is 2. The first kappa shape index (κ1) is 9.56. The van der Waals surface area contributed by atoms with Crippen molar-refractivity contribution >= 4 is 5.91 Å². The van der Waals surface area contributed by atoms with Gasteiger partial charge in [-0.25, -0.2) is 13.5 Å². The van der Waals surface area contributed by atoms with E-state index in [1.165, 1.54) is 0 Å². The van der Waals surface area contributed by atoms with E-state index in [-0.39, 0.29) is 5.69 Å². The van der Waals surface area contributed by atoms with Gasteiger partial charge in [-0.15, -0.1) is 5.10 Å². The van der Waals surface area contributed by atoms with E-state index in [0.717, 1.165) is 10.9 Å². The molecule has 0 aliphatic heterocycles. The molecule has 5 nitrogen and oxygen atoms in total. The van der Waals surface area contributed by atoms with Crippen LogP contribution in [0.4, 0.5) is 8.78 Å². The van der Waals surface area contributed by atoms with Gasteiger partial charge in [-0.2, -0.15) is 0 Å². The number of rotatable bonds is 4. The van der Waals surface area contributed by atoms with Crippen LogP contribution in [0.5, 0.6) is 0 Å². The van der Waals surface area contributed by atoms with Gasteiger partial charge in [0.2, 0.25) is 0 Å². The summed E-state index contributed by atoms with van der Waals surface area (Å²) < 4.78 is 25.2. The molecule has 0 aromatic carbocycles. The van der Waals surface area contributed by atoms with Gasteiger partial charge in [-0.1, -0.05) is 5.21 Å². The van der Waals surface area contributed by atoms with Crippen LogP contribution in [0.1, 0.15) is 16.5 Å². The second-order valence-electron chi connectivity index (χ2n) is 2.39. The Morgan fingerprint density at radius 1 is 1.62 bits per heavy atom. The van der Waals surface area contributed by atoms with Gasteiger partial charge in [0.15, 0.2) is 0 Å². The Hall–Kier alpha value is -1.53. The second kappa shape index (κ2) is 3.92. The summed E-state index contributed by atoms with van der Waals surface area (Å²) in [6.07, 6.45) is 1.07. The summed E-state index contributed by atoms with van der Waals surface area (Å²) in [5.74, 6) is -0.808. The molecule has 7 heteroatoms. The standard InChI is InChI=1S/C6H8F2N4O/c7-1-4(2-8)12-5(6(9)13)3-10-11-12/h3-4H,1-2H2,(H2,9,13). The van der Waals surface area contributed by atoms with E-state index in [2.05, 4.69) is 10.3 Å². The molecule has 1 aromatic heterocycles. The van der Waals surface area contributed by atoms with Crippen molar-refractivity contribution in [1.29, 1.82) is 0 Å². The third-order valence-electron chi connectivity index (χ3n) is 1.53. The van der Waals surface area contributed by atoms with E-state index in [9.17, 15) is 13.6 Å². The molecule has 1 aromatic rings. The van der Waals surface area contributed by atoms with Gasteiger partial charge in [-0.3, -0.25) is 4.79 Å². The maximum absolute atomic E-state index is 12.2. The zero-order valence-electron chi connectivity index (χ0n) is 6.65. The molecule has 13 heavy (non-hydrogen) atoms. The van der Waals surface area contributed by atoms with Crippen molar-refractivity contribution < 1.29 is 13.6 Å². The molecule has 0 aliphatic carbocycles. The first-order valence-corrected chi connectivity index (χ1v) is 3.52. The maximum Gasteiger partial charge on any atom is 0.268 e. The summed E-state index contributed by atoms with van der Waals surface area (Å²) in [5.41, 5.74) is 4.82. The van der Waals surface area contributed by atoms with E-state index in [0.29, 0.717) is 0 Å². The van der Waals surface area contributed by atoms with Crippen LogP contribution in [-0.4, -0.2) is 34.3 Å². The van der Waals surface area contributed by atoms with Gasteiger partial charge in [0, 0.05) is 0 Å². The summed E-state index contributed by atoms with van der Waals surface area (Å²) in [7, 11) is 0. The number of amides is 1. The molecule has 1 amide bonds. The first-order chi connectivity index (χ1) is 6.20. The fourth-order valence-corrected chi connectivity index (χ4v) is 0.862. The summed E-state index contributed by atoms with van der Waals surface area (Å²) >= 11 is 0. The lowest BCUT2D eigenvalue weighted by Gasteiger charge is -2.09. The topological polar surface area (TPSA) is 73.8 Å². The molecule has 0 bridgehead atoms. The van der Waals surface area contributed by atoms with Crippen molar-refractivity contribution in [3.05, 3.63) is 11.9 Å². The van der Waals surface area contributed by atoms with E-state index >= 15 is 0 Å². The van der Waals surface area contributed by atoms with Crippen LogP contribution in [-0.2, 0) is 0 Å². The average molecular weight is 190 g/mol. The zero-order chi connectivity index (χ0) is 9.84. The molecule has 0 saturated heterocycles. The SMILES string of the molecule is NC(=O)c1cnnn1C(CF)CF. The molecule has 0 radical (unpaired) electrons. The van der Waals surface area contributed by atoms with Gasteiger partial charge in [0.05, 0.1) is 6.20 Å². The second-order valence-corrected chi connectivity index (χ2v) is 2.39. The lowest BCUT2D eigenvalue weighted by Crippen LogP contribution is -2.23. The fraction of sp³-hybridized carbons (Fsp3) is 0.500. The number of carbonyl (C=O) groups excluding carboxylic acids is 1.